The Morgan fingerprint density at radius 2 is 1.97 bits per heavy atom. The van der Waals surface area contributed by atoms with E-state index in [0.717, 1.165) is 51.0 Å². The van der Waals surface area contributed by atoms with Crippen molar-refractivity contribution in [3.05, 3.63) is 34.6 Å². The summed E-state index contributed by atoms with van der Waals surface area (Å²) in [6, 6.07) is 8.67. The van der Waals surface area contributed by atoms with Crippen LogP contribution in [0, 0.1) is 28.6 Å². The predicted molar refractivity (Wildman–Crippen MR) is 148 cm³/mol. The molecule has 2 atom stereocenters. The molecule has 2 aromatic heterocycles. The molecule has 2 unspecified atom stereocenters. The molecule has 1 aliphatic carbocycles. The second kappa shape index (κ2) is 9.83. The van der Waals surface area contributed by atoms with Gasteiger partial charge in [0.1, 0.15) is 6.07 Å². The Bertz CT molecular complexity index is 1500. The fraction of sp³-hybridized carbons (Fsp3) is 0.519. The molecule has 0 bridgehead atoms. The molecule has 0 amide bonds. The molecule has 2 saturated heterocycles. The standard InChI is InChI=1S/C27H31ClN10O/c1-27(2,39)15-37-7-5-17-14-36(8-6-21(17)37)22-10-16(11-29)9-20(23(22)28)33-26-34-24(32-18-3-4-18)25-31-13-19(12-30)38(25)35-26/h9-10,13,17-18,21,39H,3-8,14-15H2,1-2H3,(H2,32,33,34,35). The lowest BCUT2D eigenvalue weighted by atomic mass is 9.92. The molecular weight excluding hydrogens is 516 g/mol. The highest BCUT2D eigenvalue weighted by Crippen LogP contribution is 2.40. The molecular formula is C27H31ClN10O. The lowest BCUT2D eigenvalue weighted by Gasteiger charge is -2.40. The number of β-amino-alcohol motifs (C(OH)–C–C–N with tert-alkyl or cyclic N) is 1. The largest absolute Gasteiger partial charge is 0.389 e. The van der Waals surface area contributed by atoms with E-state index in [1.54, 1.807) is 6.07 Å². The highest BCUT2D eigenvalue weighted by atomic mass is 35.5. The highest BCUT2D eigenvalue weighted by Gasteiger charge is 2.40. The topological polar surface area (TPSA) is 141 Å². The fourth-order valence-electron chi connectivity index (χ4n) is 5.84. The first-order valence-electron chi connectivity index (χ1n) is 13.4. The summed E-state index contributed by atoms with van der Waals surface area (Å²) in [6.45, 7) is 6.99. The maximum Gasteiger partial charge on any atom is 0.247 e. The molecule has 39 heavy (non-hydrogen) atoms. The minimum Gasteiger partial charge on any atom is -0.389 e. The summed E-state index contributed by atoms with van der Waals surface area (Å²) in [5, 5.41) is 41.2. The Balaban J connectivity index is 1.28. The van der Waals surface area contributed by atoms with Crippen molar-refractivity contribution >= 4 is 40.4 Å². The molecule has 202 valence electrons. The van der Waals surface area contributed by atoms with Crippen molar-refractivity contribution in [2.75, 3.05) is 41.7 Å². The Kier molecular flexibility index (Phi) is 6.46. The van der Waals surface area contributed by atoms with E-state index in [2.05, 4.69) is 47.6 Å². The number of nitriles is 2. The fourth-order valence-corrected chi connectivity index (χ4v) is 6.11. The van der Waals surface area contributed by atoms with Gasteiger partial charge in [-0.2, -0.15) is 20.0 Å². The van der Waals surface area contributed by atoms with Gasteiger partial charge in [-0.25, -0.2) is 4.98 Å². The molecule has 12 heteroatoms. The quantitative estimate of drug-likeness (QED) is 0.403. The number of halogens is 1. The number of hydrogen-bond donors (Lipinski definition) is 3. The van der Waals surface area contributed by atoms with Gasteiger partial charge in [0.2, 0.25) is 5.95 Å². The highest BCUT2D eigenvalue weighted by molar-refractivity contribution is 6.36. The third kappa shape index (κ3) is 5.18. The van der Waals surface area contributed by atoms with Crippen molar-refractivity contribution < 1.29 is 5.11 Å². The molecule has 3 N–H and O–H groups in total. The van der Waals surface area contributed by atoms with Gasteiger partial charge in [-0.05, 0) is 64.1 Å². The number of rotatable bonds is 7. The third-order valence-corrected chi connectivity index (χ3v) is 8.10. The molecule has 2 aliphatic heterocycles. The molecule has 3 fully saturated rings. The molecule has 3 aromatic rings. The molecule has 1 aromatic carbocycles. The van der Waals surface area contributed by atoms with E-state index >= 15 is 0 Å². The van der Waals surface area contributed by atoms with Crippen LogP contribution in [0.4, 0.5) is 23.1 Å². The van der Waals surface area contributed by atoms with Gasteiger partial charge in [0.15, 0.2) is 17.2 Å². The molecule has 1 saturated carbocycles. The van der Waals surface area contributed by atoms with Crippen molar-refractivity contribution in [1.82, 2.24) is 24.5 Å². The number of nitrogens with one attached hydrogen (secondary N) is 2. The number of fused-ring (bicyclic) bond motifs is 2. The first-order valence-corrected chi connectivity index (χ1v) is 13.7. The Hall–Kier alpha value is -3.64. The first kappa shape index (κ1) is 25.6. The molecule has 3 aliphatic rings. The summed E-state index contributed by atoms with van der Waals surface area (Å²) in [7, 11) is 0. The van der Waals surface area contributed by atoms with Crippen LogP contribution in [0.1, 0.15) is 50.8 Å². The van der Waals surface area contributed by atoms with Gasteiger partial charge in [-0.1, -0.05) is 11.6 Å². The smallest absolute Gasteiger partial charge is 0.247 e. The first-order chi connectivity index (χ1) is 18.7. The zero-order valence-electron chi connectivity index (χ0n) is 22.0. The second-order valence-electron chi connectivity index (χ2n) is 11.4. The number of nitrogens with zero attached hydrogens (tertiary/aromatic N) is 8. The van der Waals surface area contributed by atoms with E-state index in [4.69, 9.17) is 11.6 Å². The Morgan fingerprint density at radius 3 is 2.69 bits per heavy atom. The number of aliphatic hydroxyl groups is 1. The van der Waals surface area contributed by atoms with E-state index in [-0.39, 0.29) is 5.95 Å². The predicted octanol–water partition coefficient (Wildman–Crippen LogP) is 3.51. The Labute approximate surface area is 232 Å². The van der Waals surface area contributed by atoms with Crippen LogP contribution < -0.4 is 15.5 Å². The van der Waals surface area contributed by atoms with Crippen LogP contribution in [0.15, 0.2) is 18.3 Å². The van der Waals surface area contributed by atoms with Gasteiger partial charge in [0.25, 0.3) is 0 Å². The Morgan fingerprint density at radius 1 is 1.15 bits per heavy atom. The SMILES string of the molecule is CC(C)(O)CN1CCC2CN(c3cc(C#N)cc(Nc4nc(NC5CC5)c5ncc(C#N)n5n4)c3Cl)CCC21. The zero-order chi connectivity index (χ0) is 27.3. The molecule has 4 heterocycles. The molecule has 0 radical (unpaired) electrons. The molecule has 11 nitrogen and oxygen atoms in total. The van der Waals surface area contributed by atoms with Crippen LogP contribution in [0.2, 0.25) is 5.02 Å². The summed E-state index contributed by atoms with van der Waals surface area (Å²) < 4.78 is 1.47. The summed E-state index contributed by atoms with van der Waals surface area (Å²) in [5.74, 6) is 1.26. The summed E-state index contributed by atoms with van der Waals surface area (Å²) in [6.07, 6.45) is 5.61. The van der Waals surface area contributed by atoms with E-state index in [0.29, 0.717) is 58.0 Å². The average molecular weight is 547 g/mol. The second-order valence-corrected chi connectivity index (χ2v) is 11.8. The van der Waals surface area contributed by atoms with Crippen LogP contribution in [0.5, 0.6) is 0 Å². The van der Waals surface area contributed by atoms with Crippen molar-refractivity contribution in [2.45, 2.75) is 57.2 Å². The normalized spacial score (nSPS) is 21.4. The van der Waals surface area contributed by atoms with Gasteiger partial charge in [0.05, 0.1) is 39.8 Å². The van der Waals surface area contributed by atoms with Gasteiger partial charge < -0.3 is 20.6 Å². The number of aromatic nitrogens is 4. The third-order valence-electron chi connectivity index (χ3n) is 7.70. The minimum atomic E-state index is -0.721. The number of anilines is 4. The summed E-state index contributed by atoms with van der Waals surface area (Å²) in [5.41, 5.74) is 1.87. The maximum absolute atomic E-state index is 10.3. The number of hydrogen-bond acceptors (Lipinski definition) is 10. The van der Waals surface area contributed by atoms with E-state index in [9.17, 15) is 15.6 Å². The van der Waals surface area contributed by atoms with Crippen molar-refractivity contribution in [1.29, 1.82) is 10.5 Å². The monoisotopic (exact) mass is 546 g/mol. The molecule has 0 spiro atoms. The summed E-state index contributed by atoms with van der Waals surface area (Å²) >= 11 is 6.97. The lowest BCUT2D eigenvalue weighted by molar-refractivity contribution is 0.0263. The number of benzene rings is 1. The minimum absolute atomic E-state index is 0.250. The van der Waals surface area contributed by atoms with Crippen LogP contribution in [0.3, 0.4) is 0 Å². The average Bonchev–Trinajstić information content (AvgIpc) is 3.49. The van der Waals surface area contributed by atoms with Crippen LogP contribution >= 0.6 is 11.6 Å². The van der Waals surface area contributed by atoms with E-state index in [1.807, 2.05) is 19.9 Å². The summed E-state index contributed by atoms with van der Waals surface area (Å²) in [4.78, 5) is 13.6. The van der Waals surface area contributed by atoms with E-state index < -0.39 is 5.60 Å². The number of piperidine rings is 1. The van der Waals surface area contributed by atoms with Crippen LogP contribution in [-0.4, -0.2) is 73.5 Å². The van der Waals surface area contributed by atoms with Gasteiger partial charge in [-0.3, -0.25) is 4.90 Å². The van der Waals surface area contributed by atoms with Gasteiger partial charge in [0, 0.05) is 31.7 Å². The van der Waals surface area contributed by atoms with Gasteiger partial charge in [-0.15, -0.1) is 5.10 Å². The van der Waals surface area contributed by atoms with Crippen LogP contribution in [0.25, 0.3) is 5.65 Å². The maximum atomic E-state index is 10.3. The number of imidazole rings is 1. The van der Waals surface area contributed by atoms with Crippen molar-refractivity contribution in [2.24, 2.45) is 5.92 Å². The van der Waals surface area contributed by atoms with Crippen molar-refractivity contribution in [3.63, 3.8) is 0 Å². The van der Waals surface area contributed by atoms with Crippen LogP contribution in [-0.2, 0) is 0 Å². The van der Waals surface area contributed by atoms with Crippen molar-refractivity contribution in [3.8, 4) is 12.1 Å². The van der Waals surface area contributed by atoms with Gasteiger partial charge >= 0.3 is 0 Å². The van der Waals surface area contributed by atoms with E-state index in [1.165, 1.54) is 10.7 Å². The lowest BCUT2D eigenvalue weighted by Crippen LogP contribution is -2.49. The number of likely N-dealkylation sites (tertiary alicyclic amines) is 1. The molecule has 6 rings (SSSR count). The zero-order valence-corrected chi connectivity index (χ0v) is 22.8.